The lowest BCUT2D eigenvalue weighted by Gasteiger charge is -2.09. The van der Waals surface area contributed by atoms with Crippen LogP contribution in [0.25, 0.3) is 5.82 Å². The smallest absolute Gasteiger partial charge is 0.272 e. The first-order valence-electron chi connectivity index (χ1n) is 6.23. The quantitative estimate of drug-likeness (QED) is 0.770. The minimum atomic E-state index is -3.03. The highest BCUT2D eigenvalue weighted by Gasteiger charge is 2.29. The molecule has 0 saturated carbocycles. The minimum Gasteiger partial charge on any atom is -0.347 e. The van der Waals surface area contributed by atoms with Crippen LogP contribution in [-0.4, -0.2) is 56.8 Å². The number of sulfone groups is 1. The van der Waals surface area contributed by atoms with Gasteiger partial charge in [-0.2, -0.15) is 5.10 Å². The van der Waals surface area contributed by atoms with E-state index >= 15 is 0 Å². The van der Waals surface area contributed by atoms with Gasteiger partial charge in [-0.05, 0) is 18.6 Å². The Balaban J connectivity index is 1.68. The molecule has 0 aliphatic carbocycles. The molecule has 21 heavy (non-hydrogen) atoms. The summed E-state index contributed by atoms with van der Waals surface area (Å²) in [7, 11) is -3.03. The number of rotatable bonds is 3. The van der Waals surface area contributed by atoms with E-state index < -0.39 is 15.7 Å². The molecule has 1 atom stereocenters. The molecule has 1 aliphatic rings. The predicted octanol–water partition coefficient (Wildman–Crippen LogP) is -1.03. The fourth-order valence-electron chi connectivity index (χ4n) is 2.06. The van der Waals surface area contributed by atoms with Crippen molar-refractivity contribution >= 4 is 15.7 Å². The van der Waals surface area contributed by atoms with E-state index in [0.717, 1.165) is 0 Å². The van der Waals surface area contributed by atoms with E-state index in [1.165, 1.54) is 23.4 Å². The number of hydrogen-bond donors (Lipinski definition) is 1. The van der Waals surface area contributed by atoms with E-state index in [1.54, 1.807) is 6.07 Å². The van der Waals surface area contributed by atoms with Gasteiger partial charge in [-0.15, -0.1) is 10.2 Å². The summed E-state index contributed by atoms with van der Waals surface area (Å²) in [6.45, 7) is 0. The van der Waals surface area contributed by atoms with E-state index in [9.17, 15) is 13.2 Å². The van der Waals surface area contributed by atoms with E-state index in [2.05, 4.69) is 25.6 Å². The second kappa shape index (κ2) is 5.20. The number of amides is 1. The van der Waals surface area contributed by atoms with Crippen molar-refractivity contribution in [3.05, 3.63) is 30.5 Å². The Kier molecular flexibility index (Phi) is 3.37. The van der Waals surface area contributed by atoms with Crippen LogP contribution in [0.15, 0.2) is 24.8 Å². The molecule has 0 unspecified atom stereocenters. The summed E-state index contributed by atoms with van der Waals surface area (Å²) in [5.41, 5.74) is 0.128. The average molecular weight is 308 g/mol. The maximum Gasteiger partial charge on any atom is 0.272 e. The Labute approximate surface area is 120 Å². The molecular formula is C11H12N6O3S. The lowest BCUT2D eigenvalue weighted by atomic mass is 10.2. The monoisotopic (exact) mass is 308 g/mol. The van der Waals surface area contributed by atoms with Crippen molar-refractivity contribution < 1.29 is 13.2 Å². The lowest BCUT2D eigenvalue weighted by Crippen LogP contribution is -2.36. The Morgan fingerprint density at radius 1 is 1.33 bits per heavy atom. The number of aromatic nitrogens is 5. The van der Waals surface area contributed by atoms with Gasteiger partial charge in [-0.25, -0.2) is 18.1 Å². The van der Waals surface area contributed by atoms with Crippen LogP contribution in [0, 0.1) is 0 Å². The molecule has 10 heteroatoms. The molecule has 0 bridgehead atoms. The molecule has 2 aromatic heterocycles. The third kappa shape index (κ3) is 3.05. The van der Waals surface area contributed by atoms with Gasteiger partial charge in [-0.3, -0.25) is 4.79 Å². The van der Waals surface area contributed by atoms with Crippen molar-refractivity contribution in [3.8, 4) is 5.82 Å². The summed E-state index contributed by atoms with van der Waals surface area (Å²) >= 11 is 0. The van der Waals surface area contributed by atoms with Crippen molar-refractivity contribution in [2.45, 2.75) is 12.5 Å². The molecule has 3 rings (SSSR count). The highest BCUT2D eigenvalue weighted by molar-refractivity contribution is 7.91. The molecular weight excluding hydrogens is 296 g/mol. The maximum atomic E-state index is 12.0. The van der Waals surface area contributed by atoms with Gasteiger partial charge in [0.1, 0.15) is 12.7 Å². The minimum absolute atomic E-state index is 0.0246. The molecule has 1 N–H and O–H groups in total. The maximum absolute atomic E-state index is 12.0. The average Bonchev–Trinajstić information content (AvgIpc) is 3.09. The van der Waals surface area contributed by atoms with Crippen molar-refractivity contribution in [2.24, 2.45) is 0 Å². The fraction of sp³-hybridized carbons (Fsp3) is 0.364. The molecule has 110 valence electrons. The molecule has 0 aromatic carbocycles. The largest absolute Gasteiger partial charge is 0.347 e. The number of carbonyl (C=O) groups is 1. The zero-order valence-electron chi connectivity index (χ0n) is 10.9. The van der Waals surface area contributed by atoms with Crippen molar-refractivity contribution in [3.63, 3.8) is 0 Å². The van der Waals surface area contributed by atoms with Gasteiger partial charge in [0.2, 0.25) is 0 Å². The first-order valence-corrected chi connectivity index (χ1v) is 8.06. The van der Waals surface area contributed by atoms with Crippen LogP contribution >= 0.6 is 0 Å². The van der Waals surface area contributed by atoms with Crippen LogP contribution in [0.3, 0.4) is 0 Å². The van der Waals surface area contributed by atoms with Gasteiger partial charge < -0.3 is 5.32 Å². The first-order chi connectivity index (χ1) is 10.0. The molecule has 2 aromatic rings. The van der Waals surface area contributed by atoms with Crippen LogP contribution in [-0.2, 0) is 9.84 Å². The normalized spacial score (nSPS) is 20.3. The first kappa shape index (κ1) is 13.6. The van der Waals surface area contributed by atoms with E-state index in [4.69, 9.17) is 0 Å². The Morgan fingerprint density at radius 2 is 2.19 bits per heavy atom. The van der Waals surface area contributed by atoms with Gasteiger partial charge in [0.15, 0.2) is 21.3 Å². The van der Waals surface area contributed by atoms with E-state index in [0.29, 0.717) is 12.2 Å². The zero-order valence-corrected chi connectivity index (χ0v) is 11.7. The molecule has 3 heterocycles. The van der Waals surface area contributed by atoms with Gasteiger partial charge in [0.05, 0.1) is 11.5 Å². The summed E-state index contributed by atoms with van der Waals surface area (Å²) in [6.07, 6.45) is 3.26. The molecule has 9 nitrogen and oxygen atoms in total. The van der Waals surface area contributed by atoms with Gasteiger partial charge >= 0.3 is 0 Å². The fourth-order valence-corrected chi connectivity index (χ4v) is 3.74. The predicted molar refractivity (Wildman–Crippen MR) is 71.5 cm³/mol. The number of nitrogens with one attached hydrogen (secondary N) is 1. The van der Waals surface area contributed by atoms with Crippen LogP contribution in [0.4, 0.5) is 0 Å². The second-order valence-corrected chi connectivity index (χ2v) is 6.92. The van der Waals surface area contributed by atoms with Crippen LogP contribution in [0.2, 0.25) is 0 Å². The Bertz CT molecular complexity index is 741. The Morgan fingerprint density at radius 3 is 2.76 bits per heavy atom. The topological polar surface area (TPSA) is 120 Å². The zero-order chi connectivity index (χ0) is 14.9. The second-order valence-electron chi connectivity index (χ2n) is 4.69. The number of nitrogens with zero attached hydrogens (tertiary/aromatic N) is 5. The van der Waals surface area contributed by atoms with Crippen LogP contribution in [0.1, 0.15) is 16.9 Å². The summed E-state index contributed by atoms with van der Waals surface area (Å²) in [5.74, 6) is 0.0835. The SMILES string of the molecule is O=C(N[C@H]1CCS(=O)(=O)C1)c1ccc(-n2cncn2)nn1. The molecule has 1 aliphatic heterocycles. The van der Waals surface area contributed by atoms with Gasteiger partial charge in [0.25, 0.3) is 5.91 Å². The van der Waals surface area contributed by atoms with Gasteiger partial charge in [-0.1, -0.05) is 0 Å². The van der Waals surface area contributed by atoms with Crippen LogP contribution < -0.4 is 5.32 Å². The summed E-state index contributed by atoms with van der Waals surface area (Å²) < 4.78 is 24.1. The highest BCUT2D eigenvalue weighted by atomic mass is 32.2. The van der Waals surface area contributed by atoms with Crippen LogP contribution in [0.5, 0.6) is 0 Å². The standard InChI is InChI=1S/C11H12N6O3S/c18-11(14-8-3-4-21(19,20)5-8)9-1-2-10(16-15-9)17-7-12-6-13-17/h1-2,6-8H,3-5H2,(H,14,18)/t8-/m0/s1. The van der Waals surface area contributed by atoms with E-state index in [1.807, 2.05) is 0 Å². The number of carbonyl (C=O) groups excluding carboxylic acids is 1. The number of hydrogen-bond acceptors (Lipinski definition) is 7. The molecule has 1 amide bonds. The molecule has 1 saturated heterocycles. The third-order valence-corrected chi connectivity index (χ3v) is 4.87. The lowest BCUT2D eigenvalue weighted by molar-refractivity contribution is 0.0935. The highest BCUT2D eigenvalue weighted by Crippen LogP contribution is 2.12. The molecule has 0 radical (unpaired) electrons. The Hall–Kier alpha value is -2.36. The van der Waals surface area contributed by atoms with E-state index in [-0.39, 0.29) is 23.2 Å². The third-order valence-electron chi connectivity index (χ3n) is 3.10. The summed E-state index contributed by atoms with van der Waals surface area (Å²) in [4.78, 5) is 15.8. The van der Waals surface area contributed by atoms with Crippen molar-refractivity contribution in [2.75, 3.05) is 11.5 Å². The van der Waals surface area contributed by atoms with Crippen molar-refractivity contribution in [1.82, 2.24) is 30.3 Å². The summed E-state index contributed by atoms with van der Waals surface area (Å²) in [5, 5.41) is 14.2. The van der Waals surface area contributed by atoms with Gasteiger partial charge in [0, 0.05) is 6.04 Å². The van der Waals surface area contributed by atoms with Crippen molar-refractivity contribution in [1.29, 1.82) is 0 Å². The summed E-state index contributed by atoms with van der Waals surface area (Å²) in [6, 6.07) is 2.73. The molecule has 0 spiro atoms. The molecule has 1 fully saturated rings.